The number of benzene rings is 3. The number of amides is 3. The molecule has 3 aromatic rings. The number of nitrogens with zero attached hydrogens (tertiary/aromatic N) is 2. The fourth-order valence-corrected chi connectivity index (χ4v) is 4.04. The normalized spacial score (nSPS) is 14.9. The molecule has 1 fully saturated rings. The van der Waals surface area contributed by atoms with Crippen LogP contribution in [-0.4, -0.2) is 28.2 Å². The number of nitrogens with two attached hydrogens (primary N) is 1. The van der Waals surface area contributed by atoms with Crippen LogP contribution in [0.3, 0.4) is 0 Å². The molecular weight excluding hydrogens is 526 g/mol. The Morgan fingerprint density at radius 3 is 2.26 bits per heavy atom. The molecule has 38 heavy (non-hydrogen) atoms. The van der Waals surface area contributed by atoms with Gasteiger partial charge < -0.3 is 16.0 Å². The summed E-state index contributed by atoms with van der Waals surface area (Å²) in [7, 11) is 0. The number of nitrogen functional groups attached to an aromatic ring is 1. The van der Waals surface area contributed by atoms with E-state index in [1.165, 1.54) is 18.7 Å². The summed E-state index contributed by atoms with van der Waals surface area (Å²) in [6.07, 6.45) is -4.99. The standard InChI is InChI=1S/C26H23F4N5O2.ClH/c1-25(2)23(36)35(18-11-12-20(27)19(13-18)26(28,29)30)24(37)34(25)14-16-5-3-4-6-21(16)33-17-9-7-15(8-10-17)22(31)32;/h3-13,33H,14H2,1-2H3,(H3,31,32);1H. The fourth-order valence-electron chi connectivity index (χ4n) is 4.04. The van der Waals surface area contributed by atoms with E-state index in [1.54, 1.807) is 48.5 Å². The Morgan fingerprint density at radius 1 is 1.03 bits per heavy atom. The summed E-state index contributed by atoms with van der Waals surface area (Å²) in [6.45, 7) is 2.96. The Bertz CT molecular complexity index is 1390. The third kappa shape index (κ3) is 5.28. The first-order valence-electron chi connectivity index (χ1n) is 11.1. The number of alkyl halides is 3. The van der Waals surface area contributed by atoms with Crippen LogP contribution in [0, 0.1) is 11.2 Å². The number of hydrogen-bond donors (Lipinski definition) is 3. The smallest absolute Gasteiger partial charge is 0.384 e. The summed E-state index contributed by atoms with van der Waals surface area (Å²) in [5.74, 6) is -2.30. The number of nitrogens with one attached hydrogen (secondary N) is 2. The van der Waals surface area contributed by atoms with Crippen molar-refractivity contribution < 1.29 is 27.2 Å². The van der Waals surface area contributed by atoms with Gasteiger partial charge in [-0.3, -0.25) is 10.2 Å². The maximum Gasteiger partial charge on any atom is 0.419 e. The molecule has 0 atom stereocenters. The highest BCUT2D eigenvalue weighted by atomic mass is 35.5. The Morgan fingerprint density at radius 2 is 1.66 bits per heavy atom. The van der Waals surface area contributed by atoms with Crippen molar-refractivity contribution in [2.75, 3.05) is 10.2 Å². The molecule has 0 aromatic heterocycles. The maximum absolute atomic E-state index is 13.8. The highest BCUT2D eigenvalue weighted by molar-refractivity contribution is 6.23. The monoisotopic (exact) mass is 549 g/mol. The van der Waals surface area contributed by atoms with Crippen LogP contribution in [-0.2, 0) is 17.5 Å². The van der Waals surface area contributed by atoms with E-state index in [1.807, 2.05) is 0 Å². The zero-order chi connectivity index (χ0) is 27.1. The molecule has 4 rings (SSSR count). The van der Waals surface area contributed by atoms with Crippen LogP contribution in [0.4, 0.5) is 39.4 Å². The van der Waals surface area contributed by atoms with Crippen LogP contribution in [0.2, 0.25) is 0 Å². The first-order chi connectivity index (χ1) is 17.3. The second-order valence-corrected chi connectivity index (χ2v) is 9.00. The molecule has 7 nitrogen and oxygen atoms in total. The van der Waals surface area contributed by atoms with Crippen molar-refractivity contribution in [1.82, 2.24) is 4.90 Å². The number of carbonyl (C=O) groups is 2. The average Bonchev–Trinajstić information content (AvgIpc) is 2.99. The minimum atomic E-state index is -4.99. The van der Waals surface area contributed by atoms with Crippen molar-refractivity contribution in [3.05, 3.63) is 89.2 Å². The predicted molar refractivity (Wildman–Crippen MR) is 138 cm³/mol. The van der Waals surface area contributed by atoms with Crippen LogP contribution in [0.5, 0.6) is 0 Å². The van der Waals surface area contributed by atoms with E-state index in [0.29, 0.717) is 39.5 Å². The Kier molecular flexibility index (Phi) is 7.73. The number of anilines is 3. The third-order valence-corrected chi connectivity index (χ3v) is 6.16. The molecule has 0 bridgehead atoms. The van der Waals surface area contributed by atoms with Crippen molar-refractivity contribution in [2.45, 2.75) is 32.1 Å². The highest BCUT2D eigenvalue weighted by Gasteiger charge is 2.52. The van der Waals surface area contributed by atoms with Gasteiger partial charge in [0.25, 0.3) is 5.91 Å². The van der Waals surface area contributed by atoms with Gasteiger partial charge in [0, 0.05) is 16.9 Å². The van der Waals surface area contributed by atoms with Gasteiger partial charge in [-0.1, -0.05) is 18.2 Å². The van der Waals surface area contributed by atoms with E-state index >= 15 is 0 Å². The minimum absolute atomic E-state index is 0. The molecule has 3 amide bonds. The van der Waals surface area contributed by atoms with Gasteiger partial charge in [-0.25, -0.2) is 14.1 Å². The number of halogens is 5. The van der Waals surface area contributed by atoms with Gasteiger partial charge in [0.2, 0.25) is 0 Å². The molecule has 1 saturated heterocycles. The molecule has 1 aliphatic rings. The van der Waals surface area contributed by atoms with Crippen molar-refractivity contribution >= 4 is 47.2 Å². The van der Waals surface area contributed by atoms with Gasteiger partial charge in [-0.15, -0.1) is 12.4 Å². The van der Waals surface area contributed by atoms with Crippen molar-refractivity contribution in [3.63, 3.8) is 0 Å². The fraction of sp³-hybridized carbons (Fsp3) is 0.192. The van der Waals surface area contributed by atoms with Crippen LogP contribution in [0.15, 0.2) is 66.7 Å². The molecule has 0 aliphatic carbocycles. The number of imide groups is 1. The van der Waals surface area contributed by atoms with E-state index in [0.717, 1.165) is 6.07 Å². The van der Waals surface area contributed by atoms with Crippen LogP contribution >= 0.6 is 12.4 Å². The topological polar surface area (TPSA) is 103 Å². The molecule has 0 unspecified atom stereocenters. The molecule has 0 radical (unpaired) electrons. The summed E-state index contributed by atoms with van der Waals surface area (Å²) in [5, 5.41) is 10.7. The zero-order valence-electron chi connectivity index (χ0n) is 20.3. The molecule has 0 saturated carbocycles. The lowest BCUT2D eigenvalue weighted by molar-refractivity contribution is -0.140. The molecule has 200 valence electrons. The lowest BCUT2D eigenvalue weighted by Gasteiger charge is -2.28. The first-order valence-corrected chi connectivity index (χ1v) is 11.1. The van der Waals surface area contributed by atoms with E-state index in [-0.39, 0.29) is 30.5 Å². The van der Waals surface area contributed by atoms with Crippen LogP contribution < -0.4 is 16.0 Å². The lowest BCUT2D eigenvalue weighted by atomic mass is 10.0. The van der Waals surface area contributed by atoms with Crippen molar-refractivity contribution in [3.8, 4) is 0 Å². The van der Waals surface area contributed by atoms with Gasteiger partial charge >= 0.3 is 12.2 Å². The molecule has 0 spiro atoms. The van der Waals surface area contributed by atoms with Crippen LogP contribution in [0.1, 0.15) is 30.5 Å². The molecule has 1 heterocycles. The first kappa shape index (κ1) is 28.5. The van der Waals surface area contributed by atoms with Crippen LogP contribution in [0.25, 0.3) is 0 Å². The molecular formula is C26H24ClF4N5O2. The van der Waals surface area contributed by atoms with Gasteiger partial charge in [0.05, 0.1) is 17.8 Å². The van der Waals surface area contributed by atoms with Crippen molar-refractivity contribution in [2.24, 2.45) is 5.73 Å². The highest BCUT2D eigenvalue weighted by Crippen LogP contribution is 2.38. The number of rotatable bonds is 6. The van der Waals surface area contributed by atoms with Gasteiger partial charge in [0.1, 0.15) is 17.2 Å². The van der Waals surface area contributed by atoms with Gasteiger partial charge in [0.15, 0.2) is 0 Å². The Labute approximate surface area is 222 Å². The predicted octanol–water partition coefficient (Wildman–Crippen LogP) is 6.04. The number of hydrogen-bond acceptors (Lipinski definition) is 4. The molecule has 4 N–H and O–H groups in total. The maximum atomic E-state index is 13.8. The molecule has 12 heteroatoms. The second-order valence-electron chi connectivity index (χ2n) is 9.00. The summed E-state index contributed by atoms with van der Waals surface area (Å²) in [6, 6.07) is 15.1. The summed E-state index contributed by atoms with van der Waals surface area (Å²) < 4.78 is 53.6. The number of carbonyl (C=O) groups excluding carboxylic acids is 2. The van der Waals surface area contributed by atoms with E-state index in [2.05, 4.69) is 5.32 Å². The summed E-state index contributed by atoms with van der Waals surface area (Å²) >= 11 is 0. The Balaban J connectivity index is 0.00000400. The minimum Gasteiger partial charge on any atom is -0.384 e. The quantitative estimate of drug-likeness (QED) is 0.151. The SMILES string of the molecule is CC1(C)C(=O)N(c2ccc(F)c(C(F)(F)F)c2)C(=O)N1Cc1ccccc1Nc1ccc(C(=N)N)cc1.Cl. The number of para-hydroxylation sites is 1. The number of amidine groups is 1. The molecule has 3 aromatic carbocycles. The lowest BCUT2D eigenvalue weighted by Crippen LogP contribution is -2.43. The molecule has 1 aliphatic heterocycles. The van der Waals surface area contributed by atoms with Gasteiger partial charge in [-0.05, 0) is 67.9 Å². The second kappa shape index (κ2) is 10.3. The van der Waals surface area contributed by atoms with E-state index in [9.17, 15) is 27.2 Å². The summed E-state index contributed by atoms with van der Waals surface area (Å²) in [4.78, 5) is 28.4. The Hall–Kier alpha value is -4.12. The van der Waals surface area contributed by atoms with E-state index < -0.39 is 35.0 Å². The zero-order valence-corrected chi connectivity index (χ0v) is 21.1. The number of urea groups is 1. The van der Waals surface area contributed by atoms with Crippen molar-refractivity contribution in [1.29, 1.82) is 5.41 Å². The van der Waals surface area contributed by atoms with E-state index in [4.69, 9.17) is 11.1 Å². The third-order valence-electron chi connectivity index (χ3n) is 6.16. The average molecular weight is 550 g/mol. The van der Waals surface area contributed by atoms with Gasteiger partial charge in [-0.2, -0.15) is 13.2 Å². The largest absolute Gasteiger partial charge is 0.419 e. The summed E-state index contributed by atoms with van der Waals surface area (Å²) in [5.41, 5.74) is 4.69.